The highest BCUT2D eigenvalue weighted by molar-refractivity contribution is 7.89. The molecule has 18 heavy (non-hydrogen) atoms. The molecule has 5 nitrogen and oxygen atoms in total. The molecule has 2 rings (SSSR count). The van der Waals surface area contributed by atoms with Crippen LogP contribution in [-0.4, -0.2) is 30.0 Å². The van der Waals surface area contributed by atoms with Crippen LogP contribution in [0.25, 0.3) is 6.08 Å². The summed E-state index contributed by atoms with van der Waals surface area (Å²) in [6.45, 7) is 3.54. The molecule has 6 heteroatoms. The second-order valence-corrected chi connectivity index (χ2v) is 5.74. The highest BCUT2D eigenvalue weighted by atomic mass is 32.2. The molecule has 1 aromatic rings. The number of aliphatic hydroxyl groups excluding tert-OH is 1. The van der Waals surface area contributed by atoms with Gasteiger partial charge in [-0.25, -0.2) is 12.7 Å². The molecule has 0 saturated carbocycles. The monoisotopic (exact) mass is 267 g/mol. The summed E-state index contributed by atoms with van der Waals surface area (Å²) in [6, 6.07) is 6.22. The van der Waals surface area contributed by atoms with Crippen molar-refractivity contribution in [1.29, 1.82) is 0 Å². The average Bonchev–Trinajstić information content (AvgIpc) is 2.69. The lowest BCUT2D eigenvalue weighted by molar-refractivity contribution is -0.126. The third-order valence-electron chi connectivity index (χ3n) is 2.81. The summed E-state index contributed by atoms with van der Waals surface area (Å²) >= 11 is 0. The first-order chi connectivity index (χ1) is 8.48. The second-order valence-electron chi connectivity index (χ2n) is 3.96. The summed E-state index contributed by atoms with van der Waals surface area (Å²) in [5.41, 5.74) is 0.407. The van der Waals surface area contributed by atoms with Crippen molar-refractivity contribution in [3.05, 3.63) is 36.4 Å². The predicted molar refractivity (Wildman–Crippen MR) is 65.8 cm³/mol. The summed E-state index contributed by atoms with van der Waals surface area (Å²) in [7, 11) is -4.02. The fourth-order valence-corrected chi connectivity index (χ4v) is 3.63. The summed E-state index contributed by atoms with van der Waals surface area (Å²) in [4.78, 5) is 11.5. The first kappa shape index (κ1) is 12.8. The van der Waals surface area contributed by atoms with Gasteiger partial charge in [-0.05, 0) is 11.6 Å². The van der Waals surface area contributed by atoms with Crippen LogP contribution >= 0.6 is 0 Å². The van der Waals surface area contributed by atoms with Crippen molar-refractivity contribution >= 4 is 22.0 Å². The Balaban J connectivity index is 2.55. The molecule has 1 aliphatic rings. The molecule has 1 unspecified atom stereocenters. The summed E-state index contributed by atoms with van der Waals surface area (Å²) in [5, 5.41) is 9.62. The van der Waals surface area contributed by atoms with Gasteiger partial charge in [0.1, 0.15) is 6.23 Å². The van der Waals surface area contributed by atoms with E-state index in [1.54, 1.807) is 18.2 Å². The lowest BCUT2D eigenvalue weighted by Crippen LogP contribution is -2.38. The van der Waals surface area contributed by atoms with E-state index in [-0.39, 0.29) is 17.7 Å². The smallest absolute Gasteiger partial charge is 0.269 e. The maximum atomic E-state index is 12.3. The van der Waals surface area contributed by atoms with Gasteiger partial charge in [-0.2, -0.15) is 0 Å². The maximum Gasteiger partial charge on any atom is 0.269 e. The molecule has 1 aliphatic heterocycles. The van der Waals surface area contributed by atoms with E-state index in [1.165, 1.54) is 12.1 Å². The SMILES string of the molecule is C=Cc1ccccc1S(=O)(=O)N1C(=O)CCC1O. The summed E-state index contributed by atoms with van der Waals surface area (Å²) in [6.07, 6.45) is 0.297. The molecule has 0 aliphatic carbocycles. The molecule has 1 fully saturated rings. The number of amides is 1. The molecule has 1 amide bonds. The molecule has 0 radical (unpaired) electrons. The van der Waals surface area contributed by atoms with Crippen LogP contribution in [0.2, 0.25) is 0 Å². The fraction of sp³-hybridized carbons (Fsp3) is 0.250. The number of hydrogen-bond donors (Lipinski definition) is 1. The highest BCUT2D eigenvalue weighted by Crippen LogP contribution is 2.28. The summed E-state index contributed by atoms with van der Waals surface area (Å²) in [5.74, 6) is -0.582. The zero-order valence-corrected chi connectivity index (χ0v) is 10.4. The summed E-state index contributed by atoms with van der Waals surface area (Å²) < 4.78 is 25.2. The molecule has 0 spiro atoms. The van der Waals surface area contributed by atoms with E-state index in [0.29, 0.717) is 9.87 Å². The van der Waals surface area contributed by atoms with Gasteiger partial charge in [0.2, 0.25) is 5.91 Å². The number of carbonyl (C=O) groups excluding carboxylic acids is 1. The normalized spacial score (nSPS) is 20.2. The molecule has 96 valence electrons. The minimum absolute atomic E-state index is 0.0192. The molecule has 0 aromatic heterocycles. The topological polar surface area (TPSA) is 74.7 Å². The Morgan fingerprint density at radius 2 is 2.06 bits per heavy atom. The Kier molecular flexibility index (Phi) is 3.23. The Hall–Kier alpha value is -1.66. The van der Waals surface area contributed by atoms with Crippen molar-refractivity contribution in [2.75, 3.05) is 0 Å². The lowest BCUT2D eigenvalue weighted by Gasteiger charge is -2.21. The van der Waals surface area contributed by atoms with Crippen molar-refractivity contribution in [2.45, 2.75) is 24.0 Å². The van der Waals surface area contributed by atoms with Crippen LogP contribution in [0.3, 0.4) is 0 Å². The van der Waals surface area contributed by atoms with Gasteiger partial charge in [0.15, 0.2) is 0 Å². The van der Waals surface area contributed by atoms with Gasteiger partial charge in [0, 0.05) is 12.8 Å². The minimum Gasteiger partial charge on any atom is -0.372 e. The zero-order chi connectivity index (χ0) is 13.3. The van der Waals surface area contributed by atoms with Gasteiger partial charge >= 0.3 is 0 Å². The maximum absolute atomic E-state index is 12.3. The molecule has 1 saturated heterocycles. The van der Waals surface area contributed by atoms with Crippen LogP contribution in [0.1, 0.15) is 18.4 Å². The molecular formula is C12H13NO4S. The van der Waals surface area contributed by atoms with Crippen molar-refractivity contribution in [2.24, 2.45) is 0 Å². The number of benzene rings is 1. The predicted octanol–water partition coefficient (Wildman–Crippen LogP) is 0.959. The quantitative estimate of drug-likeness (QED) is 0.885. The van der Waals surface area contributed by atoms with Gasteiger partial charge in [0.25, 0.3) is 10.0 Å². The zero-order valence-electron chi connectivity index (χ0n) is 9.61. The average molecular weight is 267 g/mol. The largest absolute Gasteiger partial charge is 0.372 e. The van der Waals surface area contributed by atoms with Crippen LogP contribution < -0.4 is 0 Å². The minimum atomic E-state index is -4.02. The van der Waals surface area contributed by atoms with Gasteiger partial charge in [-0.1, -0.05) is 30.9 Å². The molecule has 1 aromatic carbocycles. The van der Waals surface area contributed by atoms with Crippen LogP contribution in [0.15, 0.2) is 35.7 Å². The first-order valence-electron chi connectivity index (χ1n) is 5.45. The third-order valence-corrected chi connectivity index (χ3v) is 4.70. The third kappa shape index (κ3) is 1.93. The first-order valence-corrected chi connectivity index (χ1v) is 6.89. The van der Waals surface area contributed by atoms with Crippen molar-refractivity contribution in [1.82, 2.24) is 4.31 Å². The molecule has 1 atom stereocenters. The van der Waals surface area contributed by atoms with Crippen molar-refractivity contribution < 1.29 is 18.3 Å². The van der Waals surface area contributed by atoms with Crippen LogP contribution in [0.4, 0.5) is 0 Å². The van der Waals surface area contributed by atoms with E-state index in [9.17, 15) is 18.3 Å². The van der Waals surface area contributed by atoms with E-state index in [4.69, 9.17) is 0 Å². The van der Waals surface area contributed by atoms with Gasteiger partial charge < -0.3 is 5.11 Å². The van der Waals surface area contributed by atoms with Gasteiger partial charge in [-0.3, -0.25) is 4.79 Å². The van der Waals surface area contributed by atoms with E-state index >= 15 is 0 Å². The van der Waals surface area contributed by atoms with Crippen molar-refractivity contribution in [3.63, 3.8) is 0 Å². The second kappa shape index (κ2) is 4.55. The molecular weight excluding hydrogens is 254 g/mol. The Bertz CT molecular complexity index is 594. The number of aliphatic hydroxyl groups is 1. The van der Waals surface area contributed by atoms with E-state index in [2.05, 4.69) is 6.58 Å². The van der Waals surface area contributed by atoms with E-state index in [0.717, 1.165) is 0 Å². The molecule has 1 N–H and O–H groups in total. The van der Waals surface area contributed by atoms with E-state index in [1.807, 2.05) is 0 Å². The van der Waals surface area contributed by atoms with E-state index < -0.39 is 22.2 Å². The number of carbonyl (C=O) groups is 1. The van der Waals surface area contributed by atoms with Crippen molar-refractivity contribution in [3.8, 4) is 0 Å². The van der Waals surface area contributed by atoms with Crippen LogP contribution in [0.5, 0.6) is 0 Å². The standard InChI is InChI=1S/C12H13NO4S/c1-2-9-5-3-4-6-10(9)18(16,17)13-11(14)7-8-12(13)15/h2-6,11,14H,1,7-8H2. The van der Waals surface area contributed by atoms with Crippen LogP contribution in [-0.2, 0) is 14.8 Å². The Labute approximate surface area is 105 Å². The molecule has 1 heterocycles. The lowest BCUT2D eigenvalue weighted by atomic mass is 10.2. The Morgan fingerprint density at radius 1 is 1.39 bits per heavy atom. The Morgan fingerprint density at radius 3 is 2.61 bits per heavy atom. The van der Waals surface area contributed by atoms with Gasteiger partial charge in [0.05, 0.1) is 4.90 Å². The van der Waals surface area contributed by atoms with Crippen LogP contribution in [0, 0.1) is 0 Å². The number of sulfonamides is 1. The number of nitrogens with zero attached hydrogens (tertiary/aromatic N) is 1. The number of rotatable bonds is 3. The highest BCUT2D eigenvalue weighted by Gasteiger charge is 2.40. The number of hydrogen-bond acceptors (Lipinski definition) is 4. The molecule has 0 bridgehead atoms. The fourth-order valence-electron chi connectivity index (χ4n) is 1.93. The van der Waals surface area contributed by atoms with Gasteiger partial charge in [-0.15, -0.1) is 0 Å².